The predicted octanol–water partition coefficient (Wildman–Crippen LogP) is 2.81. The maximum Gasteiger partial charge on any atom is 0.251 e. The van der Waals surface area contributed by atoms with E-state index in [0.29, 0.717) is 6.54 Å². The number of nitrogens with zero attached hydrogens (tertiary/aromatic N) is 3. The molecule has 1 aliphatic heterocycles. The summed E-state index contributed by atoms with van der Waals surface area (Å²) in [7, 11) is 1.90. The standard InChI is InChI=1S/C20H20N4O/c1-20(21)17-5-3-4-6-18(17)24(19(20)25)12-14-7-9-15(10-8-14)16-11-22-23(2)13-16/h3-11,13H,12,21H2,1-2H3. The van der Waals surface area contributed by atoms with Gasteiger partial charge in [-0.1, -0.05) is 42.5 Å². The third-order valence-corrected chi connectivity index (χ3v) is 4.78. The van der Waals surface area contributed by atoms with Crippen LogP contribution in [0.15, 0.2) is 60.9 Å². The molecule has 4 rings (SSSR count). The summed E-state index contributed by atoms with van der Waals surface area (Å²) in [4.78, 5) is 14.5. The van der Waals surface area contributed by atoms with Gasteiger partial charge >= 0.3 is 0 Å². The molecular formula is C20H20N4O. The number of aromatic nitrogens is 2. The lowest BCUT2D eigenvalue weighted by atomic mass is 9.95. The Kier molecular flexibility index (Phi) is 3.47. The van der Waals surface area contributed by atoms with Crippen molar-refractivity contribution in [1.29, 1.82) is 0 Å². The van der Waals surface area contributed by atoms with Crippen LogP contribution >= 0.6 is 0 Å². The Bertz CT molecular complexity index is 940. The lowest BCUT2D eigenvalue weighted by Gasteiger charge is -2.20. The van der Waals surface area contributed by atoms with Gasteiger partial charge in [-0.25, -0.2) is 0 Å². The third kappa shape index (κ3) is 2.53. The van der Waals surface area contributed by atoms with Crippen molar-refractivity contribution in [2.45, 2.75) is 19.0 Å². The quantitative estimate of drug-likeness (QED) is 0.802. The van der Waals surface area contributed by atoms with E-state index in [0.717, 1.165) is 27.9 Å². The summed E-state index contributed by atoms with van der Waals surface area (Å²) in [6, 6.07) is 15.9. The molecule has 1 aliphatic rings. The van der Waals surface area contributed by atoms with Crippen LogP contribution in [-0.2, 0) is 23.9 Å². The summed E-state index contributed by atoms with van der Waals surface area (Å²) in [6.45, 7) is 2.29. The van der Waals surface area contributed by atoms with E-state index >= 15 is 0 Å². The first kappa shape index (κ1) is 15.6. The van der Waals surface area contributed by atoms with Crippen LogP contribution in [0.2, 0.25) is 0 Å². The minimum atomic E-state index is -0.966. The van der Waals surface area contributed by atoms with E-state index in [2.05, 4.69) is 17.2 Å². The highest BCUT2D eigenvalue weighted by atomic mass is 16.2. The van der Waals surface area contributed by atoms with Gasteiger partial charge in [0.05, 0.1) is 12.7 Å². The van der Waals surface area contributed by atoms with Crippen molar-refractivity contribution in [3.63, 3.8) is 0 Å². The Labute approximate surface area is 146 Å². The second-order valence-electron chi connectivity index (χ2n) is 6.71. The number of rotatable bonds is 3. The van der Waals surface area contributed by atoms with Gasteiger partial charge in [-0.2, -0.15) is 5.10 Å². The molecule has 1 unspecified atom stereocenters. The van der Waals surface area contributed by atoms with E-state index in [-0.39, 0.29) is 5.91 Å². The van der Waals surface area contributed by atoms with Crippen LogP contribution in [0.5, 0.6) is 0 Å². The Balaban J connectivity index is 1.61. The van der Waals surface area contributed by atoms with Gasteiger partial charge < -0.3 is 10.6 Å². The summed E-state index contributed by atoms with van der Waals surface area (Å²) in [6.07, 6.45) is 3.82. The number of aryl methyl sites for hydroxylation is 1. The molecule has 1 amide bonds. The summed E-state index contributed by atoms with van der Waals surface area (Å²) in [5.74, 6) is -0.0648. The van der Waals surface area contributed by atoms with E-state index in [1.807, 2.05) is 55.8 Å². The van der Waals surface area contributed by atoms with Crippen molar-refractivity contribution >= 4 is 11.6 Å². The number of amides is 1. The van der Waals surface area contributed by atoms with Crippen molar-refractivity contribution in [1.82, 2.24) is 9.78 Å². The number of hydrogen-bond acceptors (Lipinski definition) is 3. The summed E-state index contributed by atoms with van der Waals surface area (Å²) in [5.41, 5.74) is 10.3. The fourth-order valence-corrected chi connectivity index (χ4v) is 3.37. The van der Waals surface area contributed by atoms with Gasteiger partial charge in [0, 0.05) is 30.1 Å². The van der Waals surface area contributed by atoms with Crippen LogP contribution in [0.4, 0.5) is 5.69 Å². The average molecular weight is 332 g/mol. The van der Waals surface area contributed by atoms with Crippen LogP contribution in [0.1, 0.15) is 18.1 Å². The Morgan fingerprint density at radius 1 is 1.08 bits per heavy atom. The highest BCUT2D eigenvalue weighted by Gasteiger charge is 2.44. The Hall–Kier alpha value is -2.92. The number of hydrogen-bond donors (Lipinski definition) is 1. The van der Waals surface area contributed by atoms with Crippen molar-refractivity contribution in [2.75, 3.05) is 4.90 Å². The molecule has 3 aromatic rings. The van der Waals surface area contributed by atoms with Gasteiger partial charge in [0.15, 0.2) is 0 Å². The first-order valence-corrected chi connectivity index (χ1v) is 8.25. The molecule has 126 valence electrons. The first-order valence-electron chi connectivity index (χ1n) is 8.25. The smallest absolute Gasteiger partial charge is 0.251 e. The van der Waals surface area contributed by atoms with E-state index in [4.69, 9.17) is 5.73 Å². The summed E-state index contributed by atoms with van der Waals surface area (Å²) in [5, 5.41) is 4.20. The number of fused-ring (bicyclic) bond motifs is 1. The molecule has 1 aromatic heterocycles. The molecule has 2 heterocycles. The van der Waals surface area contributed by atoms with E-state index in [9.17, 15) is 4.79 Å². The van der Waals surface area contributed by atoms with Crippen molar-refractivity contribution in [3.05, 3.63) is 72.1 Å². The molecule has 2 aromatic carbocycles. The van der Waals surface area contributed by atoms with Crippen molar-refractivity contribution < 1.29 is 4.79 Å². The lowest BCUT2D eigenvalue weighted by Crippen LogP contribution is -2.44. The van der Waals surface area contributed by atoms with E-state index in [1.165, 1.54) is 0 Å². The fraction of sp³-hybridized carbons (Fsp3) is 0.200. The Morgan fingerprint density at radius 3 is 2.48 bits per heavy atom. The molecule has 0 saturated heterocycles. The van der Waals surface area contributed by atoms with Gasteiger partial charge in [-0.3, -0.25) is 9.48 Å². The first-order chi connectivity index (χ1) is 12.0. The van der Waals surface area contributed by atoms with E-state index in [1.54, 1.807) is 16.5 Å². The molecule has 2 N–H and O–H groups in total. The maximum atomic E-state index is 12.8. The van der Waals surface area contributed by atoms with Crippen LogP contribution in [0, 0.1) is 0 Å². The predicted molar refractivity (Wildman–Crippen MR) is 97.8 cm³/mol. The number of para-hydroxylation sites is 1. The molecule has 25 heavy (non-hydrogen) atoms. The molecule has 0 spiro atoms. The minimum absolute atomic E-state index is 0.0648. The topological polar surface area (TPSA) is 64.2 Å². The molecule has 0 bridgehead atoms. The van der Waals surface area contributed by atoms with Crippen molar-refractivity contribution in [3.8, 4) is 11.1 Å². The van der Waals surface area contributed by atoms with Gasteiger partial charge in [0.1, 0.15) is 5.54 Å². The summed E-state index contributed by atoms with van der Waals surface area (Å²) >= 11 is 0. The number of benzene rings is 2. The second-order valence-corrected chi connectivity index (χ2v) is 6.71. The molecule has 0 aliphatic carbocycles. The highest BCUT2D eigenvalue weighted by molar-refractivity contribution is 6.07. The van der Waals surface area contributed by atoms with Crippen LogP contribution in [0.25, 0.3) is 11.1 Å². The minimum Gasteiger partial charge on any atom is -0.314 e. The molecule has 0 fully saturated rings. The SMILES string of the molecule is Cn1cc(-c2ccc(CN3C(=O)C(C)(N)c4ccccc43)cc2)cn1. The average Bonchev–Trinajstić information content (AvgIpc) is 3.12. The molecule has 0 saturated carbocycles. The van der Waals surface area contributed by atoms with Crippen LogP contribution in [0.3, 0.4) is 0 Å². The monoisotopic (exact) mass is 332 g/mol. The molecule has 5 heteroatoms. The van der Waals surface area contributed by atoms with Gasteiger partial charge in [0.2, 0.25) is 0 Å². The number of carbonyl (C=O) groups is 1. The normalized spacial score (nSPS) is 19.3. The molecular weight excluding hydrogens is 312 g/mol. The highest BCUT2D eigenvalue weighted by Crippen LogP contribution is 2.39. The second kappa shape index (κ2) is 5.57. The van der Waals surface area contributed by atoms with Gasteiger partial charge in [0.25, 0.3) is 5.91 Å². The van der Waals surface area contributed by atoms with Crippen LogP contribution < -0.4 is 10.6 Å². The van der Waals surface area contributed by atoms with Gasteiger partial charge in [-0.15, -0.1) is 0 Å². The number of carbonyl (C=O) groups excluding carboxylic acids is 1. The summed E-state index contributed by atoms with van der Waals surface area (Å²) < 4.78 is 1.78. The third-order valence-electron chi connectivity index (χ3n) is 4.78. The molecule has 0 radical (unpaired) electrons. The van der Waals surface area contributed by atoms with E-state index < -0.39 is 5.54 Å². The largest absolute Gasteiger partial charge is 0.314 e. The van der Waals surface area contributed by atoms with Crippen molar-refractivity contribution in [2.24, 2.45) is 12.8 Å². The number of anilines is 1. The zero-order valence-electron chi connectivity index (χ0n) is 14.3. The fourth-order valence-electron chi connectivity index (χ4n) is 3.37. The zero-order valence-corrected chi connectivity index (χ0v) is 14.3. The lowest BCUT2D eigenvalue weighted by molar-refractivity contribution is -0.122. The van der Waals surface area contributed by atoms with Crippen LogP contribution in [-0.4, -0.2) is 15.7 Å². The van der Waals surface area contributed by atoms with Gasteiger partial charge in [-0.05, 0) is 24.1 Å². The zero-order chi connectivity index (χ0) is 17.6. The Morgan fingerprint density at radius 2 is 1.80 bits per heavy atom. The maximum absolute atomic E-state index is 12.8. The molecule has 5 nitrogen and oxygen atoms in total. The number of nitrogens with two attached hydrogens (primary N) is 1. The molecule has 1 atom stereocenters.